The van der Waals surface area contributed by atoms with E-state index < -0.39 is 5.91 Å². The molecule has 0 saturated carbocycles. The van der Waals surface area contributed by atoms with Gasteiger partial charge in [0.2, 0.25) is 5.91 Å². The molecule has 2 aromatic rings. The van der Waals surface area contributed by atoms with E-state index in [1.54, 1.807) is 30.5 Å². The van der Waals surface area contributed by atoms with E-state index in [-0.39, 0.29) is 0 Å². The molecule has 5 N–H and O–H groups in total. The molecule has 76 valence electrons. The van der Waals surface area contributed by atoms with Gasteiger partial charge in [-0.15, -0.1) is 0 Å². The van der Waals surface area contributed by atoms with Crippen molar-refractivity contribution in [3.63, 3.8) is 0 Å². The molecule has 1 heterocycles. The highest BCUT2D eigenvalue weighted by molar-refractivity contribution is 6.00. The summed E-state index contributed by atoms with van der Waals surface area (Å²) >= 11 is 0. The molecule has 0 aliphatic carbocycles. The Kier molecular flexibility index (Phi) is 2.13. The summed E-state index contributed by atoms with van der Waals surface area (Å²) in [5.74, 6) is -0.493. The highest BCUT2D eigenvalue weighted by Crippen LogP contribution is 2.25. The van der Waals surface area contributed by atoms with Crippen molar-refractivity contribution in [1.29, 1.82) is 0 Å². The van der Waals surface area contributed by atoms with Crippen molar-refractivity contribution in [2.45, 2.75) is 0 Å². The van der Waals surface area contributed by atoms with Gasteiger partial charge in [0.1, 0.15) is 5.69 Å². The summed E-state index contributed by atoms with van der Waals surface area (Å²) < 4.78 is 0. The van der Waals surface area contributed by atoms with Gasteiger partial charge in [-0.3, -0.25) is 9.89 Å². The van der Waals surface area contributed by atoms with E-state index >= 15 is 0 Å². The Hall–Kier alpha value is -2.30. The van der Waals surface area contributed by atoms with Crippen molar-refractivity contribution in [3.8, 4) is 11.3 Å². The number of carbonyl (C=O) groups is 1. The van der Waals surface area contributed by atoms with Crippen LogP contribution >= 0.6 is 0 Å². The molecule has 15 heavy (non-hydrogen) atoms. The second-order valence-electron chi connectivity index (χ2n) is 3.10. The van der Waals surface area contributed by atoms with Gasteiger partial charge in [-0.1, -0.05) is 18.2 Å². The van der Waals surface area contributed by atoms with Crippen LogP contribution in [-0.4, -0.2) is 16.1 Å². The third-order valence-corrected chi connectivity index (χ3v) is 2.12. The molecule has 0 fully saturated rings. The number of nitrogens with one attached hydrogen (secondary N) is 1. The average molecular weight is 202 g/mol. The first-order chi connectivity index (χ1) is 7.20. The molecule has 0 bridgehead atoms. The molecule has 0 aliphatic heterocycles. The van der Waals surface area contributed by atoms with E-state index in [2.05, 4.69) is 10.2 Å². The third-order valence-electron chi connectivity index (χ3n) is 2.12. The number of nitrogens with zero attached hydrogens (tertiary/aromatic N) is 1. The maximum Gasteiger partial charge on any atom is 0.249 e. The summed E-state index contributed by atoms with van der Waals surface area (Å²) in [6, 6.07) is 6.95. The predicted octanol–water partition coefficient (Wildman–Crippen LogP) is 0.758. The van der Waals surface area contributed by atoms with Crippen LogP contribution in [0.1, 0.15) is 10.4 Å². The summed E-state index contributed by atoms with van der Waals surface area (Å²) in [6.07, 6.45) is 1.56. The summed E-state index contributed by atoms with van der Waals surface area (Å²) in [4.78, 5) is 11.2. The summed E-state index contributed by atoms with van der Waals surface area (Å²) in [7, 11) is 0. The number of carbonyl (C=O) groups excluding carboxylic acids is 1. The van der Waals surface area contributed by atoms with Crippen molar-refractivity contribution in [1.82, 2.24) is 10.2 Å². The first-order valence-corrected chi connectivity index (χ1v) is 4.38. The Labute approximate surface area is 86.1 Å². The highest BCUT2D eigenvalue weighted by Gasteiger charge is 2.13. The first-order valence-electron chi connectivity index (χ1n) is 4.38. The van der Waals surface area contributed by atoms with Crippen LogP contribution in [0.4, 0.5) is 5.69 Å². The van der Waals surface area contributed by atoms with E-state index in [1.807, 2.05) is 0 Å². The number of rotatable bonds is 2. The normalized spacial score (nSPS) is 10.1. The van der Waals surface area contributed by atoms with E-state index in [1.165, 1.54) is 0 Å². The average Bonchev–Trinajstić information content (AvgIpc) is 2.64. The van der Waals surface area contributed by atoms with Crippen LogP contribution in [0.2, 0.25) is 0 Å². The number of hydrogen-bond donors (Lipinski definition) is 3. The maximum absolute atomic E-state index is 11.2. The van der Waals surface area contributed by atoms with Gasteiger partial charge in [0, 0.05) is 17.3 Å². The fourth-order valence-electron chi connectivity index (χ4n) is 1.42. The highest BCUT2D eigenvalue weighted by atomic mass is 16.1. The number of primary amides is 1. The van der Waals surface area contributed by atoms with Gasteiger partial charge in [-0.2, -0.15) is 5.10 Å². The number of anilines is 1. The summed E-state index contributed by atoms with van der Waals surface area (Å²) in [5.41, 5.74) is 13.0. The number of hydrogen-bond acceptors (Lipinski definition) is 3. The molecule has 0 radical (unpaired) electrons. The molecule has 0 spiro atoms. The lowest BCUT2D eigenvalue weighted by Crippen LogP contribution is -2.12. The van der Waals surface area contributed by atoms with Crippen LogP contribution < -0.4 is 11.5 Å². The van der Waals surface area contributed by atoms with Crippen LogP contribution in [0.25, 0.3) is 11.3 Å². The lowest BCUT2D eigenvalue weighted by atomic mass is 10.0. The van der Waals surface area contributed by atoms with E-state index in [0.717, 1.165) is 0 Å². The van der Waals surface area contributed by atoms with Crippen LogP contribution in [0.15, 0.2) is 30.5 Å². The molecule has 2 rings (SSSR count). The Morgan fingerprint density at radius 3 is 2.67 bits per heavy atom. The Morgan fingerprint density at radius 2 is 2.07 bits per heavy atom. The zero-order valence-corrected chi connectivity index (χ0v) is 7.90. The largest absolute Gasteiger partial charge is 0.396 e. The van der Waals surface area contributed by atoms with Crippen molar-refractivity contribution in [2.75, 3.05) is 5.73 Å². The number of nitrogen functional groups attached to an aromatic ring is 1. The lowest BCUT2D eigenvalue weighted by molar-refractivity contribution is 0.100. The Morgan fingerprint density at radius 1 is 1.33 bits per heavy atom. The topological polar surface area (TPSA) is 97.8 Å². The molecular weight excluding hydrogens is 192 g/mol. The smallest absolute Gasteiger partial charge is 0.249 e. The van der Waals surface area contributed by atoms with E-state index in [9.17, 15) is 4.79 Å². The van der Waals surface area contributed by atoms with Crippen LogP contribution in [0.5, 0.6) is 0 Å². The van der Waals surface area contributed by atoms with Gasteiger partial charge in [0.15, 0.2) is 0 Å². The molecule has 5 heteroatoms. The number of benzene rings is 1. The predicted molar refractivity (Wildman–Crippen MR) is 57.0 cm³/mol. The maximum atomic E-state index is 11.2. The summed E-state index contributed by atoms with van der Waals surface area (Å²) in [5, 5.41) is 6.61. The van der Waals surface area contributed by atoms with Gasteiger partial charge in [-0.05, 0) is 6.07 Å². The van der Waals surface area contributed by atoms with Gasteiger partial charge in [0.25, 0.3) is 0 Å². The van der Waals surface area contributed by atoms with Gasteiger partial charge in [-0.25, -0.2) is 0 Å². The van der Waals surface area contributed by atoms with Gasteiger partial charge >= 0.3 is 0 Å². The van der Waals surface area contributed by atoms with E-state index in [4.69, 9.17) is 11.5 Å². The van der Waals surface area contributed by atoms with Gasteiger partial charge in [0.05, 0.1) is 5.69 Å². The fraction of sp³-hybridized carbons (Fsp3) is 0. The molecule has 1 aromatic heterocycles. The van der Waals surface area contributed by atoms with Crippen LogP contribution in [0.3, 0.4) is 0 Å². The molecule has 1 amide bonds. The number of amides is 1. The molecular formula is C10H10N4O. The zero-order valence-electron chi connectivity index (χ0n) is 7.90. The monoisotopic (exact) mass is 202 g/mol. The van der Waals surface area contributed by atoms with Gasteiger partial charge < -0.3 is 11.5 Å². The number of aromatic amines is 1. The van der Waals surface area contributed by atoms with Crippen molar-refractivity contribution >= 4 is 11.6 Å². The lowest BCUT2D eigenvalue weighted by Gasteiger charge is -2.03. The quantitative estimate of drug-likeness (QED) is 0.670. The fourth-order valence-corrected chi connectivity index (χ4v) is 1.42. The second-order valence-corrected chi connectivity index (χ2v) is 3.10. The minimum Gasteiger partial charge on any atom is -0.396 e. The van der Waals surface area contributed by atoms with Crippen molar-refractivity contribution in [3.05, 3.63) is 36.0 Å². The molecule has 0 aliphatic rings. The number of aromatic nitrogens is 2. The Bertz CT molecular complexity index is 504. The van der Waals surface area contributed by atoms with Crippen LogP contribution in [0, 0.1) is 0 Å². The van der Waals surface area contributed by atoms with E-state index in [0.29, 0.717) is 22.5 Å². The first kappa shape index (κ1) is 9.26. The Balaban J connectivity index is 2.63. The molecule has 0 unspecified atom stereocenters. The molecule has 1 aromatic carbocycles. The molecule has 5 nitrogen and oxygen atoms in total. The number of nitrogens with two attached hydrogens (primary N) is 2. The molecule has 0 atom stereocenters. The van der Waals surface area contributed by atoms with Crippen molar-refractivity contribution < 1.29 is 4.79 Å². The number of H-pyrrole nitrogens is 1. The third kappa shape index (κ3) is 1.54. The molecule has 0 saturated heterocycles. The zero-order chi connectivity index (χ0) is 10.8. The van der Waals surface area contributed by atoms with Crippen LogP contribution in [-0.2, 0) is 0 Å². The second kappa shape index (κ2) is 3.45. The minimum absolute atomic E-state index is 0.413. The van der Waals surface area contributed by atoms with Crippen molar-refractivity contribution in [2.24, 2.45) is 5.73 Å². The SMILES string of the molecule is NC(=O)c1ccccc1-c1n[nH]cc1N. The minimum atomic E-state index is -0.493. The standard InChI is InChI=1S/C10H10N4O/c11-8-5-13-14-9(8)6-3-1-2-4-7(6)10(12)15/h1-5H,11H2,(H2,12,15)(H,13,14). The summed E-state index contributed by atoms with van der Waals surface area (Å²) in [6.45, 7) is 0.